The van der Waals surface area contributed by atoms with Crippen LogP contribution in [0.3, 0.4) is 0 Å². The van der Waals surface area contributed by atoms with Crippen LogP contribution >= 0.6 is 0 Å². The number of ketones is 1. The topological polar surface area (TPSA) is 69.4 Å². The minimum absolute atomic E-state index is 0.115. The highest BCUT2D eigenvalue weighted by Gasteiger charge is 2.18. The number of hydrogen-bond donors (Lipinski definition) is 0. The Morgan fingerprint density at radius 1 is 1.15 bits per heavy atom. The lowest BCUT2D eigenvalue weighted by molar-refractivity contribution is -0.385. The maximum absolute atomic E-state index is 11.3. The van der Waals surface area contributed by atoms with E-state index in [4.69, 9.17) is 4.74 Å². The van der Waals surface area contributed by atoms with Gasteiger partial charge in [-0.2, -0.15) is 0 Å². The van der Waals surface area contributed by atoms with Crippen LogP contribution in [0, 0.1) is 17.0 Å². The zero-order valence-corrected chi connectivity index (χ0v) is 11.1. The minimum atomic E-state index is -0.560. The molecular weight excluding hydrogens is 258 g/mol. The van der Waals surface area contributed by atoms with Gasteiger partial charge in [-0.1, -0.05) is 17.7 Å². The van der Waals surface area contributed by atoms with E-state index in [1.807, 2.05) is 19.1 Å². The van der Waals surface area contributed by atoms with Crippen LogP contribution in [0.5, 0.6) is 11.5 Å². The highest BCUT2D eigenvalue weighted by Crippen LogP contribution is 2.32. The standard InChI is InChI=1S/C15H13NO4/c1-10-3-6-13(7-4-10)20-15-8-5-12(11(2)17)9-14(15)16(18)19/h3-9H,1-2H3. The molecule has 102 valence electrons. The van der Waals surface area contributed by atoms with Crippen molar-refractivity contribution in [3.63, 3.8) is 0 Å². The third-order valence-corrected chi connectivity index (χ3v) is 2.81. The number of nitro benzene ring substituents is 1. The molecule has 0 unspecified atom stereocenters. The number of aryl methyl sites for hydroxylation is 1. The maximum Gasteiger partial charge on any atom is 0.312 e. The molecule has 0 fully saturated rings. The quantitative estimate of drug-likeness (QED) is 0.480. The molecule has 5 nitrogen and oxygen atoms in total. The predicted octanol–water partition coefficient (Wildman–Crippen LogP) is 3.90. The molecule has 2 rings (SSSR count). The van der Waals surface area contributed by atoms with Gasteiger partial charge >= 0.3 is 5.69 Å². The molecule has 0 aliphatic heterocycles. The number of carbonyl (C=O) groups excluding carboxylic acids is 1. The zero-order valence-electron chi connectivity index (χ0n) is 11.1. The molecule has 0 N–H and O–H groups in total. The summed E-state index contributed by atoms with van der Waals surface area (Å²) in [7, 11) is 0. The van der Waals surface area contributed by atoms with Gasteiger partial charge in [0, 0.05) is 11.6 Å². The first-order valence-corrected chi connectivity index (χ1v) is 6.01. The minimum Gasteiger partial charge on any atom is -0.450 e. The molecular formula is C15H13NO4. The summed E-state index contributed by atoms with van der Waals surface area (Å²) in [4.78, 5) is 21.8. The lowest BCUT2D eigenvalue weighted by Gasteiger charge is -2.07. The van der Waals surface area contributed by atoms with E-state index in [2.05, 4.69) is 0 Å². The molecule has 0 amide bonds. The first kappa shape index (κ1) is 13.7. The van der Waals surface area contributed by atoms with Gasteiger partial charge in [-0.25, -0.2) is 0 Å². The van der Waals surface area contributed by atoms with E-state index in [0.29, 0.717) is 5.75 Å². The molecule has 0 saturated heterocycles. The van der Waals surface area contributed by atoms with Crippen molar-refractivity contribution in [2.75, 3.05) is 0 Å². The van der Waals surface area contributed by atoms with Gasteiger partial charge in [-0.3, -0.25) is 14.9 Å². The summed E-state index contributed by atoms with van der Waals surface area (Å²) >= 11 is 0. The van der Waals surface area contributed by atoms with Gasteiger partial charge in [0.05, 0.1) is 4.92 Å². The molecule has 5 heteroatoms. The number of ether oxygens (including phenoxy) is 1. The Kier molecular flexibility index (Phi) is 3.79. The number of benzene rings is 2. The molecule has 0 spiro atoms. The molecule has 20 heavy (non-hydrogen) atoms. The molecule has 0 bridgehead atoms. The fourth-order valence-corrected chi connectivity index (χ4v) is 1.70. The second kappa shape index (κ2) is 5.52. The van der Waals surface area contributed by atoms with Crippen molar-refractivity contribution in [1.82, 2.24) is 0 Å². The summed E-state index contributed by atoms with van der Waals surface area (Å²) in [6.07, 6.45) is 0. The lowest BCUT2D eigenvalue weighted by atomic mass is 10.1. The van der Waals surface area contributed by atoms with Gasteiger partial charge in [0.15, 0.2) is 5.78 Å². The maximum atomic E-state index is 11.3. The van der Waals surface area contributed by atoms with Crippen molar-refractivity contribution in [3.8, 4) is 11.5 Å². The molecule has 2 aromatic carbocycles. The van der Waals surface area contributed by atoms with Gasteiger partial charge in [0.1, 0.15) is 5.75 Å². The lowest BCUT2D eigenvalue weighted by Crippen LogP contribution is -1.98. The van der Waals surface area contributed by atoms with Crippen LogP contribution in [-0.4, -0.2) is 10.7 Å². The number of nitro groups is 1. The van der Waals surface area contributed by atoms with Crippen molar-refractivity contribution in [1.29, 1.82) is 0 Å². The van der Waals surface area contributed by atoms with Gasteiger partial charge in [-0.15, -0.1) is 0 Å². The molecule has 0 aliphatic carbocycles. The average molecular weight is 271 g/mol. The summed E-state index contributed by atoms with van der Waals surface area (Å²) in [6, 6.07) is 11.4. The van der Waals surface area contributed by atoms with Crippen molar-refractivity contribution in [2.24, 2.45) is 0 Å². The van der Waals surface area contributed by atoms with Crippen LogP contribution in [-0.2, 0) is 0 Å². The third-order valence-electron chi connectivity index (χ3n) is 2.81. The Balaban J connectivity index is 2.38. The largest absolute Gasteiger partial charge is 0.450 e. The normalized spacial score (nSPS) is 10.1. The number of hydrogen-bond acceptors (Lipinski definition) is 4. The number of rotatable bonds is 4. The van der Waals surface area contributed by atoms with E-state index in [1.165, 1.54) is 25.1 Å². The Bertz CT molecular complexity index is 662. The highest BCUT2D eigenvalue weighted by atomic mass is 16.6. The van der Waals surface area contributed by atoms with Crippen LogP contribution in [0.15, 0.2) is 42.5 Å². The molecule has 0 heterocycles. The Morgan fingerprint density at radius 2 is 1.80 bits per heavy atom. The van der Waals surface area contributed by atoms with Crippen molar-refractivity contribution in [2.45, 2.75) is 13.8 Å². The van der Waals surface area contributed by atoms with E-state index in [9.17, 15) is 14.9 Å². The first-order valence-electron chi connectivity index (χ1n) is 6.01. The molecule has 0 radical (unpaired) electrons. The fourth-order valence-electron chi connectivity index (χ4n) is 1.70. The van der Waals surface area contributed by atoms with E-state index in [-0.39, 0.29) is 22.8 Å². The SMILES string of the molecule is CC(=O)c1ccc(Oc2ccc(C)cc2)c([N+](=O)[O-])c1. The van der Waals surface area contributed by atoms with Crippen molar-refractivity contribution < 1.29 is 14.5 Å². The zero-order chi connectivity index (χ0) is 14.7. The smallest absolute Gasteiger partial charge is 0.312 e. The highest BCUT2D eigenvalue weighted by molar-refractivity contribution is 5.95. The van der Waals surface area contributed by atoms with Crippen molar-refractivity contribution >= 4 is 11.5 Å². The van der Waals surface area contributed by atoms with E-state index < -0.39 is 4.92 Å². The second-order valence-electron chi connectivity index (χ2n) is 4.41. The number of nitrogens with zero attached hydrogens (tertiary/aromatic N) is 1. The summed E-state index contributed by atoms with van der Waals surface area (Å²) in [5, 5.41) is 11.1. The number of Topliss-reactive ketones (excluding diaryl/α,β-unsaturated/α-hetero) is 1. The van der Waals surface area contributed by atoms with E-state index >= 15 is 0 Å². The number of carbonyl (C=O) groups is 1. The van der Waals surface area contributed by atoms with Crippen LogP contribution in [0.4, 0.5) is 5.69 Å². The predicted molar refractivity (Wildman–Crippen MR) is 74.4 cm³/mol. The second-order valence-corrected chi connectivity index (χ2v) is 4.41. The van der Waals surface area contributed by atoms with Crippen molar-refractivity contribution in [3.05, 3.63) is 63.7 Å². The summed E-state index contributed by atoms with van der Waals surface area (Å²) in [5.74, 6) is 0.396. The average Bonchev–Trinajstić information content (AvgIpc) is 2.41. The first-order chi connectivity index (χ1) is 9.47. The van der Waals surface area contributed by atoms with Gasteiger partial charge < -0.3 is 4.74 Å². The molecule has 0 aromatic heterocycles. The summed E-state index contributed by atoms with van der Waals surface area (Å²) in [5.41, 5.74) is 1.13. The molecule has 2 aromatic rings. The molecule has 0 saturated carbocycles. The van der Waals surface area contributed by atoms with Crippen LogP contribution in [0.1, 0.15) is 22.8 Å². The van der Waals surface area contributed by atoms with Crippen LogP contribution < -0.4 is 4.74 Å². The molecule has 0 aliphatic rings. The summed E-state index contributed by atoms with van der Waals surface area (Å²) in [6.45, 7) is 3.30. The van der Waals surface area contributed by atoms with Crippen LogP contribution in [0.2, 0.25) is 0 Å². The Morgan fingerprint density at radius 3 is 2.35 bits per heavy atom. The monoisotopic (exact) mass is 271 g/mol. The Labute approximate surface area is 116 Å². The van der Waals surface area contributed by atoms with E-state index in [0.717, 1.165) is 5.56 Å². The Hall–Kier alpha value is -2.69. The third kappa shape index (κ3) is 3.00. The fraction of sp³-hybridized carbons (Fsp3) is 0.133. The van der Waals surface area contributed by atoms with Gasteiger partial charge in [-0.05, 0) is 38.1 Å². The van der Waals surface area contributed by atoms with Gasteiger partial charge in [0.2, 0.25) is 5.75 Å². The van der Waals surface area contributed by atoms with Crippen LogP contribution in [0.25, 0.3) is 0 Å². The molecule has 0 atom stereocenters. The van der Waals surface area contributed by atoms with E-state index in [1.54, 1.807) is 12.1 Å². The van der Waals surface area contributed by atoms with Gasteiger partial charge in [0.25, 0.3) is 0 Å². The summed E-state index contributed by atoms with van der Waals surface area (Å²) < 4.78 is 5.51.